The number of carbonyl (C=O) groups excluding carboxylic acids is 1. The van der Waals surface area contributed by atoms with Crippen molar-refractivity contribution in [3.8, 4) is 11.5 Å². The Morgan fingerprint density at radius 3 is 2.72 bits per heavy atom. The van der Waals surface area contributed by atoms with E-state index in [0.717, 1.165) is 11.8 Å². The number of nitrogens with one attached hydrogen (secondary N) is 1. The van der Waals surface area contributed by atoms with E-state index in [0.29, 0.717) is 27.6 Å². The van der Waals surface area contributed by atoms with Gasteiger partial charge in [-0.15, -0.1) is 8.78 Å². The lowest BCUT2D eigenvalue weighted by atomic mass is 10.2. The Kier molecular flexibility index (Phi) is 6.00. The first-order chi connectivity index (χ1) is 15.1. The van der Waals surface area contributed by atoms with Crippen LogP contribution in [0.15, 0.2) is 46.3 Å². The quantitative estimate of drug-likeness (QED) is 0.404. The molecular weight excluding hydrogens is 464 g/mol. The second kappa shape index (κ2) is 8.59. The number of ether oxygens (including phenoxy) is 2. The number of nitrogens with zero attached hydrogens (tertiary/aromatic N) is 2. The summed E-state index contributed by atoms with van der Waals surface area (Å²) in [5.41, 5.74) is 0.510. The normalized spacial score (nSPS) is 14.2. The van der Waals surface area contributed by atoms with E-state index in [9.17, 15) is 18.4 Å². The Morgan fingerprint density at radius 1 is 1.22 bits per heavy atom. The van der Waals surface area contributed by atoms with E-state index in [1.807, 2.05) is 13.8 Å². The smallest absolute Gasteiger partial charge is 0.395 e. The zero-order chi connectivity index (χ0) is 23.0. The van der Waals surface area contributed by atoms with E-state index in [-0.39, 0.29) is 34.4 Å². The van der Waals surface area contributed by atoms with Gasteiger partial charge in [-0.1, -0.05) is 37.2 Å². The number of thioether (sulfide) groups is 1. The van der Waals surface area contributed by atoms with Crippen LogP contribution in [0.1, 0.15) is 13.8 Å². The number of carbonyl (C=O) groups is 1. The van der Waals surface area contributed by atoms with Crippen molar-refractivity contribution in [2.75, 3.05) is 11.1 Å². The molecule has 0 atom stereocenters. The Labute approximate surface area is 190 Å². The summed E-state index contributed by atoms with van der Waals surface area (Å²) in [6.45, 7) is 4.39. The van der Waals surface area contributed by atoms with Gasteiger partial charge in [-0.25, -0.2) is 4.98 Å². The van der Waals surface area contributed by atoms with Gasteiger partial charge in [0.1, 0.15) is 0 Å². The summed E-state index contributed by atoms with van der Waals surface area (Å²) in [5, 5.41) is 3.90. The highest BCUT2D eigenvalue weighted by atomic mass is 35.5. The predicted molar refractivity (Wildman–Crippen MR) is 118 cm³/mol. The fraction of sp³-hybridized carbons (Fsp3) is 0.286. The van der Waals surface area contributed by atoms with Gasteiger partial charge in [-0.2, -0.15) is 0 Å². The zero-order valence-corrected chi connectivity index (χ0v) is 18.6. The topological polar surface area (TPSA) is 82.5 Å². The minimum atomic E-state index is -3.73. The van der Waals surface area contributed by atoms with Gasteiger partial charge >= 0.3 is 6.29 Å². The van der Waals surface area contributed by atoms with Crippen molar-refractivity contribution >= 4 is 45.9 Å². The van der Waals surface area contributed by atoms with Crippen LogP contribution in [0.25, 0.3) is 10.9 Å². The summed E-state index contributed by atoms with van der Waals surface area (Å²) in [5.74, 6) is -0.559. The molecule has 0 unspecified atom stereocenters. The third-order valence-electron chi connectivity index (χ3n) is 4.45. The minimum absolute atomic E-state index is 0.0544. The molecule has 0 aliphatic carbocycles. The van der Waals surface area contributed by atoms with Gasteiger partial charge < -0.3 is 14.8 Å². The molecule has 0 radical (unpaired) electrons. The number of alkyl halides is 2. The molecule has 3 aromatic rings. The van der Waals surface area contributed by atoms with E-state index in [1.165, 1.54) is 18.2 Å². The van der Waals surface area contributed by atoms with Gasteiger partial charge in [0, 0.05) is 23.3 Å². The van der Waals surface area contributed by atoms with E-state index in [4.69, 9.17) is 11.6 Å². The molecule has 2 aromatic carbocycles. The third-order valence-corrected chi connectivity index (χ3v) is 5.66. The summed E-state index contributed by atoms with van der Waals surface area (Å²) >= 11 is 7.13. The van der Waals surface area contributed by atoms with Crippen LogP contribution in [0.3, 0.4) is 0 Å². The standard InChI is InChI=1S/C21H18ClF2N3O4S/c1-11(2)9-27-19(29)14-5-3-12(22)7-15(14)26-20(27)32-10-18(28)25-13-4-6-16-17(8-13)31-21(23,24)30-16/h3-8,11H,9-10H2,1-2H3,(H,25,28). The molecule has 0 bridgehead atoms. The van der Waals surface area contributed by atoms with Crippen LogP contribution >= 0.6 is 23.4 Å². The highest BCUT2D eigenvalue weighted by Gasteiger charge is 2.43. The molecule has 168 valence electrons. The minimum Gasteiger partial charge on any atom is -0.395 e. The van der Waals surface area contributed by atoms with E-state index < -0.39 is 12.2 Å². The molecule has 0 saturated carbocycles. The van der Waals surface area contributed by atoms with Gasteiger partial charge in [-0.05, 0) is 36.2 Å². The monoisotopic (exact) mass is 481 g/mol. The van der Waals surface area contributed by atoms with Gasteiger partial charge in [0.25, 0.3) is 5.56 Å². The maximum Gasteiger partial charge on any atom is 0.586 e. The molecule has 1 aromatic heterocycles. The number of benzene rings is 2. The van der Waals surface area contributed by atoms with Crippen LogP contribution in [0, 0.1) is 5.92 Å². The van der Waals surface area contributed by atoms with Gasteiger partial charge in [0.2, 0.25) is 5.91 Å². The molecule has 1 amide bonds. The summed E-state index contributed by atoms with van der Waals surface area (Å²) in [6.07, 6.45) is -3.73. The van der Waals surface area contributed by atoms with Crippen molar-refractivity contribution < 1.29 is 23.0 Å². The Bertz CT molecular complexity index is 1270. The molecule has 0 spiro atoms. The number of hydrogen-bond acceptors (Lipinski definition) is 6. The molecule has 7 nitrogen and oxygen atoms in total. The summed E-state index contributed by atoms with van der Waals surface area (Å²) in [7, 11) is 0. The van der Waals surface area contributed by atoms with Gasteiger partial charge in [0.05, 0.1) is 16.7 Å². The zero-order valence-electron chi connectivity index (χ0n) is 17.0. The number of aromatic nitrogens is 2. The van der Waals surface area contributed by atoms with E-state index >= 15 is 0 Å². The Hall–Kier alpha value is -2.85. The first-order valence-corrected chi connectivity index (χ1v) is 11.0. The molecule has 11 heteroatoms. The predicted octanol–water partition coefficient (Wildman–Crippen LogP) is 4.76. The van der Waals surface area contributed by atoms with E-state index in [2.05, 4.69) is 19.8 Å². The average Bonchev–Trinajstić information content (AvgIpc) is 3.01. The van der Waals surface area contributed by atoms with Crippen molar-refractivity contribution in [2.45, 2.75) is 31.8 Å². The number of amides is 1. The molecule has 1 aliphatic rings. The number of hydrogen-bond donors (Lipinski definition) is 1. The van der Waals surface area contributed by atoms with Crippen molar-refractivity contribution in [1.29, 1.82) is 0 Å². The van der Waals surface area contributed by atoms with Crippen LogP contribution in [-0.2, 0) is 11.3 Å². The number of halogens is 3. The Morgan fingerprint density at radius 2 is 1.97 bits per heavy atom. The lowest BCUT2D eigenvalue weighted by molar-refractivity contribution is -0.286. The molecule has 1 N–H and O–H groups in total. The van der Waals surface area contributed by atoms with Crippen LogP contribution in [0.2, 0.25) is 5.02 Å². The fourth-order valence-electron chi connectivity index (χ4n) is 3.16. The molecule has 2 heterocycles. The SMILES string of the molecule is CC(C)Cn1c(SCC(=O)Nc2ccc3c(c2)OC(F)(F)O3)nc2cc(Cl)ccc2c1=O. The number of fused-ring (bicyclic) bond motifs is 2. The second-order valence-electron chi connectivity index (χ2n) is 7.53. The summed E-state index contributed by atoms with van der Waals surface area (Å²) < 4.78 is 36.6. The first kappa shape index (κ1) is 22.3. The lowest BCUT2D eigenvalue weighted by Crippen LogP contribution is -2.26. The van der Waals surface area contributed by atoms with Crippen LogP contribution in [0.4, 0.5) is 14.5 Å². The summed E-state index contributed by atoms with van der Waals surface area (Å²) in [6, 6.07) is 8.84. The number of rotatable bonds is 6. The van der Waals surface area contributed by atoms with Crippen molar-refractivity contribution in [3.63, 3.8) is 0 Å². The highest BCUT2D eigenvalue weighted by Crippen LogP contribution is 2.42. The van der Waals surface area contributed by atoms with Gasteiger partial charge in [0.15, 0.2) is 16.7 Å². The fourth-order valence-corrected chi connectivity index (χ4v) is 4.14. The molecule has 0 saturated heterocycles. The molecular formula is C21H18ClF2N3O4S. The van der Waals surface area contributed by atoms with Crippen molar-refractivity contribution in [2.24, 2.45) is 5.92 Å². The van der Waals surface area contributed by atoms with Crippen LogP contribution < -0.4 is 20.3 Å². The number of anilines is 1. The average molecular weight is 482 g/mol. The molecule has 0 fully saturated rings. The largest absolute Gasteiger partial charge is 0.586 e. The molecule has 4 rings (SSSR count). The Balaban J connectivity index is 1.52. The summed E-state index contributed by atoms with van der Waals surface area (Å²) in [4.78, 5) is 30.0. The highest BCUT2D eigenvalue weighted by molar-refractivity contribution is 7.99. The van der Waals surface area contributed by atoms with Gasteiger partial charge in [-0.3, -0.25) is 14.2 Å². The molecule has 1 aliphatic heterocycles. The maximum atomic E-state index is 13.2. The second-order valence-corrected chi connectivity index (χ2v) is 8.91. The van der Waals surface area contributed by atoms with Crippen molar-refractivity contribution in [3.05, 3.63) is 51.8 Å². The first-order valence-electron chi connectivity index (χ1n) is 9.64. The lowest BCUT2D eigenvalue weighted by Gasteiger charge is -2.15. The molecule has 32 heavy (non-hydrogen) atoms. The van der Waals surface area contributed by atoms with Crippen LogP contribution in [0.5, 0.6) is 11.5 Å². The van der Waals surface area contributed by atoms with Crippen LogP contribution in [-0.4, -0.2) is 27.5 Å². The maximum absolute atomic E-state index is 13.2. The van der Waals surface area contributed by atoms with Crippen molar-refractivity contribution in [1.82, 2.24) is 9.55 Å². The third kappa shape index (κ3) is 4.81. The van der Waals surface area contributed by atoms with E-state index in [1.54, 1.807) is 22.8 Å².